The average molecular weight is 408 g/mol. The van der Waals surface area contributed by atoms with Gasteiger partial charge in [0.1, 0.15) is 11.5 Å². The summed E-state index contributed by atoms with van der Waals surface area (Å²) in [6, 6.07) is 9.01. The molecule has 1 aromatic heterocycles. The van der Waals surface area contributed by atoms with Crippen molar-refractivity contribution < 1.29 is 19.5 Å². The summed E-state index contributed by atoms with van der Waals surface area (Å²) in [5.74, 6) is -0.528. The van der Waals surface area contributed by atoms with Crippen molar-refractivity contribution in [1.29, 1.82) is 0 Å². The summed E-state index contributed by atoms with van der Waals surface area (Å²) in [5.41, 5.74) is 4.03. The van der Waals surface area contributed by atoms with Crippen LogP contribution in [-0.2, 0) is 6.42 Å². The molecule has 0 spiro atoms. The van der Waals surface area contributed by atoms with Gasteiger partial charge in [0.25, 0.3) is 5.91 Å². The van der Waals surface area contributed by atoms with Gasteiger partial charge in [-0.3, -0.25) is 10.1 Å². The van der Waals surface area contributed by atoms with Crippen molar-refractivity contribution in [3.63, 3.8) is 0 Å². The lowest BCUT2D eigenvalue weighted by molar-refractivity contribution is 0.102. The Balaban J connectivity index is 2.10. The van der Waals surface area contributed by atoms with Gasteiger partial charge >= 0.3 is 0 Å². The highest BCUT2D eigenvalue weighted by molar-refractivity contribution is 6.09. The molecule has 0 saturated heterocycles. The number of carbonyl (C=O) groups excluding carboxylic acids is 1. The van der Waals surface area contributed by atoms with Gasteiger partial charge in [-0.15, -0.1) is 0 Å². The largest absolute Gasteiger partial charge is 0.507 e. The molecule has 158 valence electrons. The van der Waals surface area contributed by atoms with Crippen LogP contribution in [0.1, 0.15) is 58.9 Å². The Hall–Kier alpha value is -3.28. The molecule has 30 heavy (non-hydrogen) atoms. The van der Waals surface area contributed by atoms with E-state index in [1.165, 1.54) is 0 Å². The van der Waals surface area contributed by atoms with Gasteiger partial charge in [0.15, 0.2) is 0 Å². The van der Waals surface area contributed by atoms with Crippen molar-refractivity contribution in [2.45, 2.75) is 53.4 Å². The van der Waals surface area contributed by atoms with Gasteiger partial charge in [0.05, 0.1) is 16.8 Å². The van der Waals surface area contributed by atoms with E-state index in [0.29, 0.717) is 23.2 Å². The van der Waals surface area contributed by atoms with Crippen molar-refractivity contribution in [3.05, 3.63) is 58.3 Å². The van der Waals surface area contributed by atoms with Crippen LogP contribution >= 0.6 is 0 Å². The summed E-state index contributed by atoms with van der Waals surface area (Å²) in [6.07, 6.45) is 3.43. The molecule has 6 nitrogen and oxygen atoms in total. The highest BCUT2D eigenvalue weighted by Gasteiger charge is 2.25. The molecular weight excluding hydrogens is 380 g/mol. The van der Waals surface area contributed by atoms with E-state index >= 15 is 0 Å². The number of benzene rings is 2. The highest BCUT2D eigenvalue weighted by atomic mass is 16.5. The van der Waals surface area contributed by atoms with Gasteiger partial charge in [0.2, 0.25) is 5.88 Å². The number of unbranched alkanes of at least 4 members (excludes halogenated alkanes) is 2. The summed E-state index contributed by atoms with van der Waals surface area (Å²) < 4.78 is 5.21. The standard InChI is InChI=1S/C24H28N2O4/c1-5-6-7-10-18-13-19(27)20(17-11-8-9-14(2)12-17)22(28)21(18)23(29)25-24-15(3)16(4)26-30-24/h8-9,11-13,27-28H,5-7,10H2,1-4H3,(H,25,29). The van der Waals surface area contributed by atoms with Crippen molar-refractivity contribution in [3.8, 4) is 22.6 Å². The van der Waals surface area contributed by atoms with Crippen molar-refractivity contribution in [2.24, 2.45) is 0 Å². The summed E-state index contributed by atoms with van der Waals surface area (Å²) in [7, 11) is 0. The normalized spacial score (nSPS) is 10.9. The van der Waals surface area contributed by atoms with Gasteiger partial charge in [-0.2, -0.15) is 0 Å². The number of hydrogen-bond donors (Lipinski definition) is 3. The molecule has 3 aromatic rings. The van der Waals surface area contributed by atoms with Crippen LogP contribution in [0.5, 0.6) is 11.5 Å². The van der Waals surface area contributed by atoms with Crippen LogP contribution in [0.25, 0.3) is 11.1 Å². The molecule has 1 heterocycles. The van der Waals surface area contributed by atoms with E-state index in [1.807, 2.05) is 25.1 Å². The summed E-state index contributed by atoms with van der Waals surface area (Å²) >= 11 is 0. The molecule has 2 aromatic carbocycles. The molecule has 0 unspecified atom stereocenters. The summed E-state index contributed by atoms with van der Waals surface area (Å²) in [6.45, 7) is 7.62. The number of phenolic OH excluding ortho intramolecular Hbond substituents is 2. The predicted molar refractivity (Wildman–Crippen MR) is 117 cm³/mol. The fourth-order valence-corrected chi connectivity index (χ4v) is 3.51. The Labute approximate surface area is 176 Å². The van der Waals surface area contributed by atoms with Gasteiger partial charge in [0, 0.05) is 5.56 Å². The van der Waals surface area contributed by atoms with E-state index in [4.69, 9.17) is 4.52 Å². The molecular formula is C24H28N2O4. The van der Waals surface area contributed by atoms with Crippen LogP contribution in [0, 0.1) is 20.8 Å². The second kappa shape index (κ2) is 9.03. The summed E-state index contributed by atoms with van der Waals surface area (Å²) in [4.78, 5) is 13.2. The molecule has 0 aliphatic heterocycles. The lowest BCUT2D eigenvalue weighted by atomic mass is 9.92. The van der Waals surface area contributed by atoms with Crippen molar-refractivity contribution in [1.82, 2.24) is 5.16 Å². The molecule has 0 aliphatic carbocycles. The van der Waals surface area contributed by atoms with E-state index in [2.05, 4.69) is 17.4 Å². The van der Waals surface area contributed by atoms with Crippen LogP contribution in [0.2, 0.25) is 0 Å². The first-order valence-electron chi connectivity index (χ1n) is 10.2. The first-order valence-corrected chi connectivity index (χ1v) is 10.2. The van der Waals surface area contributed by atoms with Crippen molar-refractivity contribution in [2.75, 3.05) is 5.32 Å². The molecule has 3 N–H and O–H groups in total. The molecule has 0 radical (unpaired) electrons. The van der Waals surface area contributed by atoms with Crippen LogP contribution in [0.15, 0.2) is 34.9 Å². The van der Waals surface area contributed by atoms with E-state index < -0.39 is 5.91 Å². The number of aryl methyl sites for hydroxylation is 3. The molecule has 0 fully saturated rings. The number of carbonyl (C=O) groups is 1. The van der Waals surface area contributed by atoms with Gasteiger partial charge in [-0.25, -0.2) is 0 Å². The van der Waals surface area contributed by atoms with Crippen LogP contribution in [0.4, 0.5) is 5.88 Å². The zero-order valence-corrected chi connectivity index (χ0v) is 17.9. The number of hydrogen-bond acceptors (Lipinski definition) is 5. The van der Waals surface area contributed by atoms with Gasteiger partial charge in [-0.1, -0.05) is 54.8 Å². The Morgan fingerprint density at radius 2 is 1.90 bits per heavy atom. The minimum atomic E-state index is -0.493. The van der Waals surface area contributed by atoms with E-state index in [9.17, 15) is 15.0 Å². The van der Waals surface area contributed by atoms with Crippen molar-refractivity contribution >= 4 is 11.8 Å². The maximum Gasteiger partial charge on any atom is 0.262 e. The molecule has 6 heteroatoms. The lowest BCUT2D eigenvalue weighted by Crippen LogP contribution is -2.15. The minimum Gasteiger partial charge on any atom is -0.507 e. The predicted octanol–water partition coefficient (Wildman–Crippen LogP) is 5.66. The molecule has 0 aliphatic rings. The number of amides is 1. The Morgan fingerprint density at radius 3 is 2.53 bits per heavy atom. The fourth-order valence-electron chi connectivity index (χ4n) is 3.51. The number of nitrogens with zero attached hydrogens (tertiary/aromatic N) is 1. The number of anilines is 1. The maximum atomic E-state index is 13.2. The third kappa shape index (κ3) is 4.32. The van der Waals surface area contributed by atoms with E-state index in [0.717, 1.165) is 30.4 Å². The van der Waals surface area contributed by atoms with E-state index in [1.54, 1.807) is 26.0 Å². The lowest BCUT2D eigenvalue weighted by Gasteiger charge is -2.17. The number of nitrogens with one attached hydrogen (secondary N) is 1. The molecule has 1 amide bonds. The fraction of sp³-hybridized carbons (Fsp3) is 0.333. The first kappa shape index (κ1) is 21.4. The Morgan fingerprint density at radius 1 is 1.13 bits per heavy atom. The van der Waals surface area contributed by atoms with E-state index in [-0.39, 0.29) is 28.5 Å². The number of aromatic hydroxyl groups is 2. The third-order valence-electron chi connectivity index (χ3n) is 5.33. The topological polar surface area (TPSA) is 95.6 Å². The number of aromatic nitrogens is 1. The number of phenols is 2. The zero-order chi connectivity index (χ0) is 21.8. The molecule has 3 rings (SSSR count). The second-order valence-corrected chi connectivity index (χ2v) is 7.66. The average Bonchev–Trinajstić information content (AvgIpc) is 3.00. The number of rotatable bonds is 7. The SMILES string of the molecule is CCCCCc1cc(O)c(-c2cccc(C)c2)c(O)c1C(=O)Nc1onc(C)c1C. The highest BCUT2D eigenvalue weighted by Crippen LogP contribution is 2.42. The Bertz CT molecular complexity index is 1070. The Kier molecular flexibility index (Phi) is 6.45. The quantitative estimate of drug-likeness (QED) is 0.438. The minimum absolute atomic E-state index is 0.0483. The molecule has 0 atom stereocenters. The van der Waals surface area contributed by atoms with Crippen LogP contribution in [0.3, 0.4) is 0 Å². The van der Waals surface area contributed by atoms with Crippen LogP contribution in [-0.4, -0.2) is 21.3 Å². The smallest absolute Gasteiger partial charge is 0.262 e. The summed E-state index contributed by atoms with van der Waals surface area (Å²) in [5, 5.41) is 28.4. The molecule has 0 saturated carbocycles. The first-order chi connectivity index (χ1) is 14.3. The third-order valence-corrected chi connectivity index (χ3v) is 5.33. The second-order valence-electron chi connectivity index (χ2n) is 7.66. The molecule has 0 bridgehead atoms. The van der Waals surface area contributed by atoms with Gasteiger partial charge < -0.3 is 14.7 Å². The van der Waals surface area contributed by atoms with Gasteiger partial charge in [-0.05, 0) is 50.8 Å². The monoisotopic (exact) mass is 408 g/mol. The maximum absolute atomic E-state index is 13.2. The van der Waals surface area contributed by atoms with Crippen LogP contribution < -0.4 is 5.32 Å². The zero-order valence-electron chi connectivity index (χ0n) is 17.9.